The lowest BCUT2D eigenvalue weighted by Gasteiger charge is -2.15. The first-order valence-corrected chi connectivity index (χ1v) is 9.90. The van der Waals surface area contributed by atoms with Crippen LogP contribution in [0.1, 0.15) is 51.6 Å². The molecule has 0 saturated heterocycles. The fourth-order valence-corrected chi connectivity index (χ4v) is 3.21. The summed E-state index contributed by atoms with van der Waals surface area (Å²) in [6.45, 7) is 4.92. The largest absolute Gasteiger partial charge is 0.453 e. The first kappa shape index (κ1) is 22.1. The van der Waals surface area contributed by atoms with E-state index >= 15 is 0 Å². The van der Waals surface area contributed by atoms with Gasteiger partial charge in [0.05, 0.1) is 11.1 Å². The summed E-state index contributed by atoms with van der Waals surface area (Å²) in [7, 11) is 0. The Labute approximate surface area is 179 Å². The lowest BCUT2D eigenvalue weighted by Crippen LogP contribution is -2.32. The van der Waals surface area contributed by atoms with Crippen molar-refractivity contribution in [1.29, 1.82) is 0 Å². The van der Waals surface area contributed by atoms with Crippen molar-refractivity contribution in [1.82, 2.24) is 4.90 Å². The van der Waals surface area contributed by atoms with Gasteiger partial charge >= 0.3 is 5.97 Å². The minimum Gasteiger partial charge on any atom is -0.453 e. The molecule has 7 nitrogen and oxygen atoms in total. The second kappa shape index (κ2) is 9.07. The van der Waals surface area contributed by atoms with Crippen LogP contribution in [-0.2, 0) is 14.3 Å². The van der Waals surface area contributed by atoms with Crippen LogP contribution < -0.4 is 5.32 Å². The smallest absolute Gasteiger partial charge is 0.306 e. The lowest BCUT2D eigenvalue weighted by atomic mass is 10.1. The third kappa shape index (κ3) is 4.96. The molecule has 8 heteroatoms. The van der Waals surface area contributed by atoms with Gasteiger partial charge in [0.1, 0.15) is 5.82 Å². The van der Waals surface area contributed by atoms with E-state index in [2.05, 4.69) is 5.32 Å². The van der Waals surface area contributed by atoms with Crippen LogP contribution >= 0.6 is 0 Å². The molecule has 1 atom stereocenters. The van der Waals surface area contributed by atoms with Gasteiger partial charge in [-0.05, 0) is 57.0 Å². The van der Waals surface area contributed by atoms with E-state index in [9.17, 15) is 23.6 Å². The number of carbonyl (C=O) groups is 4. The van der Waals surface area contributed by atoms with E-state index in [0.29, 0.717) is 16.7 Å². The Balaban J connectivity index is 1.47. The van der Waals surface area contributed by atoms with E-state index < -0.39 is 23.8 Å². The van der Waals surface area contributed by atoms with Gasteiger partial charge in [0.15, 0.2) is 6.10 Å². The van der Waals surface area contributed by atoms with Gasteiger partial charge in [0.25, 0.3) is 17.7 Å². The van der Waals surface area contributed by atoms with Gasteiger partial charge in [-0.25, -0.2) is 4.39 Å². The summed E-state index contributed by atoms with van der Waals surface area (Å²) >= 11 is 0. The number of imide groups is 1. The normalized spacial score (nSPS) is 13.7. The molecule has 0 radical (unpaired) electrons. The summed E-state index contributed by atoms with van der Waals surface area (Å²) in [6.07, 6.45) is -0.941. The van der Waals surface area contributed by atoms with Crippen LogP contribution in [0.25, 0.3) is 0 Å². The van der Waals surface area contributed by atoms with Crippen LogP contribution in [0.15, 0.2) is 36.4 Å². The number of halogens is 1. The van der Waals surface area contributed by atoms with Crippen LogP contribution in [0.2, 0.25) is 0 Å². The number of rotatable bonds is 7. The highest BCUT2D eigenvalue weighted by Crippen LogP contribution is 2.24. The zero-order chi connectivity index (χ0) is 22.7. The number of carbonyl (C=O) groups excluding carboxylic acids is 4. The van der Waals surface area contributed by atoms with Crippen molar-refractivity contribution in [2.24, 2.45) is 0 Å². The Kier molecular flexibility index (Phi) is 6.48. The number of benzene rings is 2. The molecule has 1 aliphatic heterocycles. The second-order valence-corrected chi connectivity index (χ2v) is 7.50. The highest BCUT2D eigenvalue weighted by atomic mass is 19.1. The number of anilines is 1. The zero-order valence-electron chi connectivity index (χ0n) is 17.5. The van der Waals surface area contributed by atoms with E-state index in [1.807, 2.05) is 6.92 Å². The molecule has 1 aliphatic rings. The highest BCUT2D eigenvalue weighted by Gasteiger charge is 2.35. The molecule has 0 spiro atoms. The van der Waals surface area contributed by atoms with Crippen LogP contribution in [0, 0.1) is 19.7 Å². The molecular weight excluding hydrogens is 403 g/mol. The number of hydrogen-bond acceptors (Lipinski definition) is 5. The van der Waals surface area contributed by atoms with Gasteiger partial charge < -0.3 is 10.1 Å². The van der Waals surface area contributed by atoms with Crippen molar-refractivity contribution in [3.05, 3.63) is 64.5 Å². The number of fused-ring (bicyclic) bond motifs is 1. The highest BCUT2D eigenvalue weighted by molar-refractivity contribution is 6.21. The van der Waals surface area contributed by atoms with E-state index in [0.717, 1.165) is 10.5 Å². The standard InChI is InChI=1S/C23H23FN2O5/c1-13-6-9-17-18(11-13)23(30)26(22(17)29)10-4-5-20(27)31-15(3)21(28)25-16-8-7-14(2)19(24)12-16/h6-9,11-12,15H,4-5,10H2,1-3H3,(H,25,28). The van der Waals surface area contributed by atoms with Crippen molar-refractivity contribution in [3.63, 3.8) is 0 Å². The molecule has 1 heterocycles. The minimum atomic E-state index is -1.08. The number of ether oxygens (including phenoxy) is 1. The summed E-state index contributed by atoms with van der Waals surface area (Å²) in [5, 5.41) is 2.49. The predicted molar refractivity (Wildman–Crippen MR) is 111 cm³/mol. The Bertz CT molecular complexity index is 1070. The molecule has 3 amide bonds. The quantitative estimate of drug-likeness (QED) is 0.541. The van der Waals surface area contributed by atoms with Crippen LogP contribution in [0.5, 0.6) is 0 Å². The van der Waals surface area contributed by atoms with E-state index in [1.165, 1.54) is 19.1 Å². The fraction of sp³-hybridized carbons (Fsp3) is 0.304. The summed E-state index contributed by atoms with van der Waals surface area (Å²) in [6, 6.07) is 9.33. The average molecular weight is 426 g/mol. The molecule has 31 heavy (non-hydrogen) atoms. The monoisotopic (exact) mass is 426 g/mol. The molecule has 2 aromatic rings. The first-order chi connectivity index (χ1) is 14.7. The Morgan fingerprint density at radius 2 is 1.77 bits per heavy atom. The molecule has 2 aromatic carbocycles. The van der Waals surface area contributed by atoms with Gasteiger partial charge in [0.2, 0.25) is 0 Å². The van der Waals surface area contributed by atoms with Gasteiger partial charge in [-0.3, -0.25) is 24.1 Å². The van der Waals surface area contributed by atoms with Crippen molar-refractivity contribution in [2.45, 2.75) is 39.7 Å². The molecule has 0 bridgehead atoms. The van der Waals surface area contributed by atoms with Crippen LogP contribution in [0.3, 0.4) is 0 Å². The molecule has 0 saturated carbocycles. The molecule has 0 aromatic heterocycles. The minimum absolute atomic E-state index is 0.0663. The summed E-state index contributed by atoms with van der Waals surface area (Å²) < 4.78 is 18.7. The maximum absolute atomic E-state index is 13.6. The van der Waals surface area contributed by atoms with Crippen LogP contribution in [0.4, 0.5) is 10.1 Å². The lowest BCUT2D eigenvalue weighted by molar-refractivity contribution is -0.153. The maximum Gasteiger partial charge on any atom is 0.306 e. The second-order valence-electron chi connectivity index (χ2n) is 7.50. The van der Waals surface area contributed by atoms with Gasteiger partial charge in [-0.2, -0.15) is 0 Å². The molecule has 0 fully saturated rings. The fourth-order valence-electron chi connectivity index (χ4n) is 3.21. The third-order valence-corrected chi connectivity index (χ3v) is 5.01. The zero-order valence-corrected chi connectivity index (χ0v) is 17.5. The number of aryl methyl sites for hydroxylation is 2. The van der Waals surface area contributed by atoms with Crippen molar-refractivity contribution >= 4 is 29.4 Å². The van der Waals surface area contributed by atoms with Gasteiger partial charge in [0, 0.05) is 18.7 Å². The number of esters is 1. The molecule has 1 N–H and O–H groups in total. The number of hydrogen-bond donors (Lipinski definition) is 1. The number of nitrogens with one attached hydrogen (secondary N) is 1. The van der Waals surface area contributed by atoms with Gasteiger partial charge in [-0.1, -0.05) is 17.7 Å². The van der Waals surface area contributed by atoms with Crippen molar-refractivity contribution in [3.8, 4) is 0 Å². The molecule has 1 unspecified atom stereocenters. The van der Waals surface area contributed by atoms with E-state index in [-0.39, 0.29) is 36.9 Å². The van der Waals surface area contributed by atoms with E-state index in [1.54, 1.807) is 31.2 Å². The van der Waals surface area contributed by atoms with Crippen molar-refractivity contribution < 1.29 is 28.3 Å². The van der Waals surface area contributed by atoms with Gasteiger partial charge in [-0.15, -0.1) is 0 Å². The molecule has 3 rings (SSSR count). The van der Waals surface area contributed by atoms with E-state index in [4.69, 9.17) is 4.74 Å². The number of nitrogens with zero attached hydrogens (tertiary/aromatic N) is 1. The topological polar surface area (TPSA) is 92.8 Å². The van der Waals surface area contributed by atoms with Crippen LogP contribution in [-0.4, -0.2) is 41.2 Å². The Hall–Kier alpha value is -3.55. The molecule has 0 aliphatic carbocycles. The molecule has 162 valence electrons. The summed E-state index contributed by atoms with van der Waals surface area (Å²) in [5.41, 5.74) is 2.31. The summed E-state index contributed by atoms with van der Waals surface area (Å²) in [5.74, 6) is -2.44. The SMILES string of the molecule is Cc1ccc2c(c1)C(=O)N(CCCC(=O)OC(C)C(=O)Nc1ccc(C)c(F)c1)C2=O. The first-order valence-electron chi connectivity index (χ1n) is 9.90. The average Bonchev–Trinajstić information content (AvgIpc) is 2.94. The maximum atomic E-state index is 13.6. The number of amides is 3. The summed E-state index contributed by atoms with van der Waals surface area (Å²) in [4.78, 5) is 50.1. The molecular formula is C23H23FN2O5. The van der Waals surface area contributed by atoms with Crippen molar-refractivity contribution in [2.75, 3.05) is 11.9 Å². The Morgan fingerprint density at radius 3 is 2.48 bits per heavy atom. The Morgan fingerprint density at radius 1 is 1.06 bits per heavy atom. The third-order valence-electron chi connectivity index (χ3n) is 5.01. The predicted octanol–water partition coefficient (Wildman–Crippen LogP) is 3.39.